The van der Waals surface area contributed by atoms with Gasteiger partial charge in [0.25, 0.3) is 5.56 Å². The number of carbonyl (C=O) groups is 2. The fraction of sp³-hybridized carbons (Fsp3) is 0.579. The molecule has 0 saturated heterocycles. The van der Waals surface area contributed by atoms with Crippen LogP contribution >= 0.6 is 11.8 Å². The minimum atomic E-state index is -0.706. The number of urea groups is 1. The number of carbonyl (C=O) groups excluding carboxylic acids is 2. The standard InChI is InChI=1S/C19H26N6O4S/c1-9(13(26)22-17(28)20-10-7-8-10)30-14-11-12(21-16(23-14)19(2,3)4)24(5)18(29)25(6)15(11)27/h9-10H,7-8H2,1-6H3,(H2,20,22,26,28). The van der Waals surface area contributed by atoms with Crippen LogP contribution in [0.4, 0.5) is 4.79 Å². The molecule has 0 spiro atoms. The second-order valence-corrected chi connectivity index (χ2v) is 9.83. The maximum Gasteiger partial charge on any atom is 0.332 e. The number of imide groups is 1. The van der Waals surface area contributed by atoms with Gasteiger partial charge in [-0.25, -0.2) is 19.6 Å². The molecule has 0 bridgehead atoms. The summed E-state index contributed by atoms with van der Waals surface area (Å²) in [5.41, 5.74) is -1.26. The molecular weight excluding hydrogens is 408 g/mol. The van der Waals surface area contributed by atoms with Crippen LogP contribution in [0, 0.1) is 0 Å². The van der Waals surface area contributed by atoms with E-state index in [2.05, 4.69) is 20.6 Å². The average molecular weight is 435 g/mol. The van der Waals surface area contributed by atoms with E-state index in [-0.39, 0.29) is 17.1 Å². The number of nitrogens with one attached hydrogen (secondary N) is 2. The zero-order valence-corrected chi connectivity index (χ0v) is 18.7. The van der Waals surface area contributed by atoms with Crippen molar-refractivity contribution >= 4 is 34.7 Å². The van der Waals surface area contributed by atoms with Crippen LogP contribution in [-0.2, 0) is 24.3 Å². The molecular formula is C19H26N6O4S. The summed E-state index contributed by atoms with van der Waals surface area (Å²) >= 11 is 1.05. The van der Waals surface area contributed by atoms with Crippen molar-refractivity contribution in [1.29, 1.82) is 0 Å². The second kappa shape index (κ2) is 7.86. The lowest BCUT2D eigenvalue weighted by Gasteiger charge is -2.20. The second-order valence-electron chi connectivity index (χ2n) is 8.50. The van der Waals surface area contributed by atoms with Gasteiger partial charge in [0.15, 0.2) is 5.65 Å². The van der Waals surface area contributed by atoms with E-state index >= 15 is 0 Å². The van der Waals surface area contributed by atoms with Crippen molar-refractivity contribution in [2.24, 2.45) is 14.1 Å². The molecule has 3 rings (SSSR count). The van der Waals surface area contributed by atoms with Crippen molar-refractivity contribution in [3.63, 3.8) is 0 Å². The summed E-state index contributed by atoms with van der Waals surface area (Å²) in [6, 6.07) is -0.401. The summed E-state index contributed by atoms with van der Waals surface area (Å²) in [7, 11) is 2.92. The molecule has 1 saturated carbocycles. The molecule has 11 heteroatoms. The molecule has 0 radical (unpaired) electrons. The van der Waals surface area contributed by atoms with Crippen molar-refractivity contribution in [1.82, 2.24) is 29.7 Å². The zero-order chi connectivity index (χ0) is 22.4. The lowest BCUT2D eigenvalue weighted by atomic mass is 9.96. The summed E-state index contributed by atoms with van der Waals surface area (Å²) in [6.45, 7) is 7.38. The molecule has 0 aliphatic heterocycles. The van der Waals surface area contributed by atoms with Gasteiger partial charge in [-0.15, -0.1) is 0 Å². The predicted molar refractivity (Wildman–Crippen MR) is 114 cm³/mol. The van der Waals surface area contributed by atoms with Crippen molar-refractivity contribution in [3.8, 4) is 0 Å². The van der Waals surface area contributed by atoms with Gasteiger partial charge in [-0.05, 0) is 19.8 Å². The number of hydrogen-bond donors (Lipinski definition) is 2. The minimum absolute atomic E-state index is 0.130. The molecule has 0 aromatic carbocycles. The third-order valence-corrected chi connectivity index (χ3v) is 5.83. The highest BCUT2D eigenvalue weighted by Gasteiger charge is 2.28. The number of rotatable bonds is 4. The molecule has 3 amide bonds. The van der Waals surface area contributed by atoms with E-state index in [1.165, 1.54) is 18.7 Å². The number of thioether (sulfide) groups is 1. The van der Waals surface area contributed by atoms with Gasteiger partial charge in [0.05, 0.1) is 5.25 Å². The molecule has 10 nitrogen and oxygen atoms in total. The summed E-state index contributed by atoms with van der Waals surface area (Å²) in [5.74, 6) is -0.0521. The molecule has 1 aliphatic rings. The van der Waals surface area contributed by atoms with Gasteiger partial charge >= 0.3 is 11.7 Å². The fourth-order valence-electron chi connectivity index (χ4n) is 2.73. The monoisotopic (exact) mass is 434 g/mol. The lowest BCUT2D eigenvalue weighted by molar-refractivity contribution is -0.119. The molecule has 1 atom stereocenters. The van der Waals surface area contributed by atoms with Crippen molar-refractivity contribution < 1.29 is 9.59 Å². The highest BCUT2D eigenvalue weighted by Crippen LogP contribution is 2.29. The van der Waals surface area contributed by atoms with Crippen molar-refractivity contribution in [2.45, 2.75) is 62.3 Å². The van der Waals surface area contributed by atoms with Gasteiger partial charge in [0, 0.05) is 25.6 Å². The maximum atomic E-state index is 12.8. The number of amides is 3. The van der Waals surface area contributed by atoms with E-state index in [0.29, 0.717) is 10.9 Å². The Bertz CT molecular complexity index is 1140. The fourth-order valence-corrected chi connectivity index (χ4v) is 3.67. The van der Waals surface area contributed by atoms with Gasteiger partial charge in [0.1, 0.15) is 16.2 Å². The zero-order valence-electron chi connectivity index (χ0n) is 17.9. The number of nitrogens with zero attached hydrogens (tertiary/aromatic N) is 4. The smallest absolute Gasteiger partial charge is 0.332 e. The van der Waals surface area contributed by atoms with Crippen LogP contribution in [0.25, 0.3) is 11.0 Å². The minimum Gasteiger partial charge on any atom is -0.335 e. The SMILES string of the molecule is CC(Sc1nc(C(C)(C)C)nc2c1c(=O)n(C)c(=O)n2C)C(=O)NC(=O)NC1CC1. The largest absolute Gasteiger partial charge is 0.335 e. The van der Waals surface area contributed by atoms with Gasteiger partial charge in [0.2, 0.25) is 5.91 Å². The average Bonchev–Trinajstić information content (AvgIpc) is 3.46. The molecule has 30 heavy (non-hydrogen) atoms. The molecule has 1 fully saturated rings. The first kappa shape index (κ1) is 22.0. The van der Waals surface area contributed by atoms with Gasteiger partial charge in [-0.3, -0.25) is 24.0 Å². The Labute approximate surface area is 177 Å². The highest BCUT2D eigenvalue weighted by molar-refractivity contribution is 8.00. The number of aryl methyl sites for hydroxylation is 1. The van der Waals surface area contributed by atoms with Gasteiger partial charge < -0.3 is 5.32 Å². The van der Waals surface area contributed by atoms with Crippen molar-refractivity contribution in [2.75, 3.05) is 0 Å². The molecule has 1 unspecified atom stereocenters. The quantitative estimate of drug-likeness (QED) is 0.538. The summed E-state index contributed by atoms with van der Waals surface area (Å²) in [5, 5.41) is 4.77. The van der Waals surface area contributed by atoms with Crippen LogP contribution < -0.4 is 21.9 Å². The van der Waals surface area contributed by atoms with Crippen molar-refractivity contribution in [3.05, 3.63) is 26.7 Å². The first-order chi connectivity index (χ1) is 13.9. The number of aromatic nitrogens is 4. The Balaban J connectivity index is 2.02. The first-order valence-electron chi connectivity index (χ1n) is 9.66. The van der Waals surface area contributed by atoms with Crippen LogP contribution in [0.2, 0.25) is 0 Å². The van der Waals surface area contributed by atoms with Gasteiger partial charge in [-0.2, -0.15) is 0 Å². The Kier molecular flexibility index (Phi) is 5.76. The van der Waals surface area contributed by atoms with Crippen LogP contribution in [0.15, 0.2) is 14.6 Å². The first-order valence-corrected chi connectivity index (χ1v) is 10.5. The summed E-state index contributed by atoms with van der Waals surface area (Å²) < 4.78 is 2.28. The normalized spacial score (nSPS) is 15.1. The Morgan fingerprint density at radius 3 is 2.33 bits per heavy atom. The van der Waals surface area contributed by atoms with Crippen LogP contribution in [0.5, 0.6) is 0 Å². The van der Waals surface area contributed by atoms with E-state index in [0.717, 1.165) is 29.2 Å². The molecule has 2 aromatic rings. The van der Waals surface area contributed by atoms with E-state index in [9.17, 15) is 19.2 Å². The number of hydrogen-bond acceptors (Lipinski definition) is 7. The van der Waals surface area contributed by atoms with Crippen LogP contribution in [0.3, 0.4) is 0 Å². The molecule has 2 aromatic heterocycles. The lowest BCUT2D eigenvalue weighted by Crippen LogP contribution is -2.43. The van der Waals surface area contributed by atoms with Crippen LogP contribution in [-0.4, -0.2) is 42.3 Å². The summed E-state index contributed by atoms with van der Waals surface area (Å²) in [6.07, 6.45) is 1.83. The van der Waals surface area contributed by atoms with E-state index in [4.69, 9.17) is 0 Å². The van der Waals surface area contributed by atoms with Gasteiger partial charge in [-0.1, -0.05) is 32.5 Å². The third-order valence-electron chi connectivity index (χ3n) is 4.74. The predicted octanol–water partition coefficient (Wildman–Crippen LogP) is 0.794. The Morgan fingerprint density at radius 1 is 1.13 bits per heavy atom. The summed E-state index contributed by atoms with van der Waals surface area (Å²) in [4.78, 5) is 58.6. The Hall–Kier alpha value is -2.69. The van der Waals surface area contributed by atoms with Crippen LogP contribution in [0.1, 0.15) is 46.4 Å². The maximum absolute atomic E-state index is 12.8. The Morgan fingerprint density at radius 2 is 1.77 bits per heavy atom. The molecule has 162 valence electrons. The van der Waals surface area contributed by atoms with E-state index < -0.39 is 33.9 Å². The van der Waals surface area contributed by atoms with E-state index in [1.807, 2.05) is 20.8 Å². The highest BCUT2D eigenvalue weighted by atomic mass is 32.2. The molecule has 2 heterocycles. The molecule has 2 N–H and O–H groups in total. The topological polar surface area (TPSA) is 128 Å². The number of fused-ring (bicyclic) bond motifs is 1. The van der Waals surface area contributed by atoms with E-state index in [1.54, 1.807) is 6.92 Å². The molecule has 1 aliphatic carbocycles. The third kappa shape index (κ3) is 4.40.